The minimum atomic E-state index is 0.594. The Kier molecular flexibility index (Phi) is 4.29. The van der Waals surface area contributed by atoms with Crippen molar-refractivity contribution in [2.24, 2.45) is 5.92 Å². The zero-order valence-corrected chi connectivity index (χ0v) is 12.8. The summed E-state index contributed by atoms with van der Waals surface area (Å²) < 4.78 is 4.34. The molecule has 2 aromatic rings. The zero-order valence-electron chi connectivity index (χ0n) is 11.1. The Hall–Kier alpha value is -1.01. The van der Waals surface area contributed by atoms with Gasteiger partial charge >= 0.3 is 0 Å². The van der Waals surface area contributed by atoms with Crippen molar-refractivity contribution in [1.29, 1.82) is 0 Å². The maximum Gasteiger partial charge on any atom is 0.202 e. The lowest BCUT2D eigenvalue weighted by atomic mass is 10.1. The first-order valence-corrected chi connectivity index (χ1v) is 7.63. The highest BCUT2D eigenvalue weighted by Crippen LogP contribution is 2.19. The Morgan fingerprint density at radius 1 is 1.22 bits per heavy atom. The van der Waals surface area contributed by atoms with Crippen molar-refractivity contribution in [2.45, 2.75) is 40.7 Å². The average molecular weight is 282 g/mol. The van der Waals surface area contributed by atoms with Crippen molar-refractivity contribution in [1.82, 2.24) is 14.3 Å². The van der Waals surface area contributed by atoms with E-state index in [2.05, 4.69) is 40.4 Å². The summed E-state index contributed by atoms with van der Waals surface area (Å²) >= 11 is 3.16. The number of nitrogens with zero attached hydrogens (tertiary/aromatic N) is 3. The molecule has 0 aliphatic carbocycles. The second kappa shape index (κ2) is 5.75. The summed E-state index contributed by atoms with van der Waals surface area (Å²) in [6, 6.07) is 0. The number of thiazole rings is 1. The van der Waals surface area contributed by atoms with Gasteiger partial charge in [-0.2, -0.15) is 4.37 Å². The van der Waals surface area contributed by atoms with Gasteiger partial charge < -0.3 is 5.32 Å². The normalized spacial score (nSPS) is 11.2. The van der Waals surface area contributed by atoms with Crippen molar-refractivity contribution in [3.05, 3.63) is 21.4 Å². The number of anilines is 1. The second-order valence-corrected chi connectivity index (χ2v) is 6.76. The third-order valence-corrected chi connectivity index (χ3v) is 4.31. The highest BCUT2D eigenvalue weighted by molar-refractivity contribution is 7.11. The maximum absolute atomic E-state index is 4.49. The van der Waals surface area contributed by atoms with Crippen LogP contribution in [0, 0.1) is 19.8 Å². The number of rotatable bonds is 5. The van der Waals surface area contributed by atoms with Gasteiger partial charge in [0.2, 0.25) is 5.13 Å². The molecule has 0 atom stereocenters. The largest absolute Gasteiger partial charge is 0.354 e. The Morgan fingerprint density at radius 2 is 2.00 bits per heavy atom. The van der Waals surface area contributed by atoms with Gasteiger partial charge in [-0.25, -0.2) is 9.97 Å². The molecule has 0 spiro atoms. The highest BCUT2D eigenvalue weighted by Gasteiger charge is 2.07. The van der Waals surface area contributed by atoms with Crippen molar-refractivity contribution in [3.63, 3.8) is 0 Å². The number of aryl methyl sites for hydroxylation is 2. The van der Waals surface area contributed by atoms with Crippen LogP contribution in [0.1, 0.15) is 35.3 Å². The molecule has 0 aliphatic heterocycles. The topological polar surface area (TPSA) is 50.7 Å². The smallest absolute Gasteiger partial charge is 0.202 e. The van der Waals surface area contributed by atoms with E-state index in [1.54, 1.807) is 11.3 Å². The number of aromatic nitrogens is 3. The van der Waals surface area contributed by atoms with Crippen molar-refractivity contribution in [3.8, 4) is 0 Å². The van der Waals surface area contributed by atoms with Crippen molar-refractivity contribution in [2.75, 3.05) is 5.32 Å². The summed E-state index contributed by atoms with van der Waals surface area (Å²) in [5.74, 6) is 1.53. The molecule has 0 saturated heterocycles. The number of hydrogen-bond acceptors (Lipinski definition) is 6. The van der Waals surface area contributed by atoms with Gasteiger partial charge in [-0.15, -0.1) is 11.3 Å². The Bertz CT molecular complexity index is 496. The lowest BCUT2D eigenvalue weighted by Crippen LogP contribution is -2.00. The van der Waals surface area contributed by atoms with Crippen LogP contribution in [0.15, 0.2) is 0 Å². The molecule has 0 amide bonds. The minimum absolute atomic E-state index is 0.594. The van der Waals surface area contributed by atoms with E-state index in [0.717, 1.165) is 34.6 Å². The van der Waals surface area contributed by atoms with Crippen LogP contribution in [0.3, 0.4) is 0 Å². The third-order valence-electron chi connectivity index (χ3n) is 2.52. The molecule has 4 nitrogen and oxygen atoms in total. The minimum Gasteiger partial charge on any atom is -0.354 e. The summed E-state index contributed by atoms with van der Waals surface area (Å²) in [4.78, 5) is 10.2. The lowest BCUT2D eigenvalue weighted by Gasteiger charge is -1.99. The molecule has 0 bridgehead atoms. The summed E-state index contributed by atoms with van der Waals surface area (Å²) in [6.07, 6.45) is 0.938. The molecule has 0 aliphatic rings. The summed E-state index contributed by atoms with van der Waals surface area (Å²) in [5, 5.41) is 5.28. The second-order valence-electron chi connectivity index (χ2n) is 4.72. The molecule has 98 valence electrons. The standard InChI is InChI=1S/C12H18N4S2/c1-7(2)5-10-15-12(18-16-10)13-6-11-14-8(3)9(4)17-11/h7H,5-6H2,1-4H3,(H,13,15,16). The first kappa shape index (κ1) is 13.4. The quantitative estimate of drug-likeness (QED) is 0.913. The number of hydrogen-bond donors (Lipinski definition) is 1. The van der Waals surface area contributed by atoms with E-state index in [9.17, 15) is 0 Å². The first-order chi connectivity index (χ1) is 8.54. The van der Waals surface area contributed by atoms with Crippen LogP contribution in [0.25, 0.3) is 0 Å². The molecule has 0 saturated carbocycles. The van der Waals surface area contributed by atoms with E-state index >= 15 is 0 Å². The monoisotopic (exact) mass is 282 g/mol. The van der Waals surface area contributed by atoms with Crippen LogP contribution in [0.5, 0.6) is 0 Å². The molecule has 2 aromatic heterocycles. The van der Waals surface area contributed by atoms with Gasteiger partial charge in [0.15, 0.2) is 0 Å². The summed E-state index contributed by atoms with van der Waals surface area (Å²) in [5.41, 5.74) is 1.12. The predicted molar refractivity (Wildman–Crippen MR) is 77.4 cm³/mol. The van der Waals surface area contributed by atoms with Crippen LogP contribution in [-0.2, 0) is 13.0 Å². The van der Waals surface area contributed by atoms with Gasteiger partial charge in [0.25, 0.3) is 0 Å². The van der Waals surface area contributed by atoms with Crippen LogP contribution in [-0.4, -0.2) is 14.3 Å². The van der Waals surface area contributed by atoms with E-state index in [1.165, 1.54) is 16.4 Å². The Morgan fingerprint density at radius 3 is 2.61 bits per heavy atom. The predicted octanol–water partition coefficient (Wildman–Crippen LogP) is 3.42. The molecule has 2 heterocycles. The fourth-order valence-electron chi connectivity index (χ4n) is 1.54. The molecule has 6 heteroatoms. The van der Waals surface area contributed by atoms with Gasteiger partial charge in [0.1, 0.15) is 10.8 Å². The van der Waals surface area contributed by atoms with E-state index < -0.39 is 0 Å². The average Bonchev–Trinajstić information content (AvgIpc) is 2.84. The van der Waals surface area contributed by atoms with Crippen LogP contribution in [0.4, 0.5) is 5.13 Å². The van der Waals surface area contributed by atoms with Crippen molar-refractivity contribution >= 4 is 28.0 Å². The van der Waals surface area contributed by atoms with Gasteiger partial charge in [-0.3, -0.25) is 0 Å². The fraction of sp³-hybridized carbons (Fsp3) is 0.583. The SMILES string of the molecule is Cc1nc(CNc2nc(CC(C)C)ns2)sc1C. The summed E-state index contributed by atoms with van der Waals surface area (Å²) in [7, 11) is 0. The van der Waals surface area contributed by atoms with E-state index in [4.69, 9.17) is 0 Å². The van der Waals surface area contributed by atoms with Crippen LogP contribution in [0.2, 0.25) is 0 Å². The molecule has 0 aromatic carbocycles. The van der Waals surface area contributed by atoms with Crippen LogP contribution < -0.4 is 5.32 Å². The fourth-order valence-corrected chi connectivity index (χ4v) is 3.00. The van der Waals surface area contributed by atoms with Gasteiger partial charge in [-0.1, -0.05) is 13.8 Å². The lowest BCUT2D eigenvalue weighted by molar-refractivity contribution is 0.627. The van der Waals surface area contributed by atoms with Gasteiger partial charge in [0, 0.05) is 22.8 Å². The molecule has 0 radical (unpaired) electrons. The zero-order chi connectivity index (χ0) is 13.1. The van der Waals surface area contributed by atoms with Crippen LogP contribution >= 0.6 is 22.9 Å². The van der Waals surface area contributed by atoms with Gasteiger partial charge in [-0.05, 0) is 19.8 Å². The molecular weight excluding hydrogens is 264 g/mol. The van der Waals surface area contributed by atoms with E-state index in [-0.39, 0.29) is 0 Å². The molecule has 1 N–H and O–H groups in total. The Labute approximate surface area is 116 Å². The third kappa shape index (κ3) is 3.49. The molecule has 0 fully saturated rings. The van der Waals surface area contributed by atoms with E-state index in [0.29, 0.717) is 5.92 Å². The molecule has 0 unspecified atom stereocenters. The molecule has 2 rings (SSSR count). The first-order valence-electron chi connectivity index (χ1n) is 6.04. The molecule has 18 heavy (non-hydrogen) atoms. The highest BCUT2D eigenvalue weighted by atomic mass is 32.1. The molecular formula is C12H18N4S2. The van der Waals surface area contributed by atoms with E-state index in [1.807, 2.05) is 6.92 Å². The maximum atomic E-state index is 4.49. The summed E-state index contributed by atoms with van der Waals surface area (Å²) in [6.45, 7) is 9.23. The number of nitrogens with one attached hydrogen (secondary N) is 1. The van der Waals surface area contributed by atoms with Gasteiger partial charge in [0.05, 0.1) is 12.2 Å². The van der Waals surface area contributed by atoms with Crippen molar-refractivity contribution < 1.29 is 0 Å². The Balaban J connectivity index is 1.92.